The first-order valence-corrected chi connectivity index (χ1v) is 7.29. The van der Waals surface area contributed by atoms with Gasteiger partial charge in [-0.3, -0.25) is 4.79 Å². The molecule has 3 heteroatoms. The lowest BCUT2D eigenvalue weighted by molar-refractivity contribution is 0.103. The predicted molar refractivity (Wildman–Crippen MR) is 81.1 cm³/mol. The van der Waals surface area contributed by atoms with E-state index in [1.807, 2.05) is 42.5 Å². The molecule has 0 heterocycles. The van der Waals surface area contributed by atoms with Gasteiger partial charge in [-0.1, -0.05) is 57.0 Å². The summed E-state index contributed by atoms with van der Waals surface area (Å²) in [6, 6.07) is 13.4. The average molecular weight is 368 g/mol. The highest BCUT2D eigenvalue weighted by atomic mass is 79.9. The molecule has 0 spiro atoms. The topological polar surface area (TPSA) is 17.1 Å². The Morgan fingerprint density at radius 2 is 1.89 bits per heavy atom. The van der Waals surface area contributed by atoms with Crippen LogP contribution in [0.4, 0.5) is 0 Å². The van der Waals surface area contributed by atoms with Gasteiger partial charge in [0, 0.05) is 20.1 Å². The molecule has 2 aromatic rings. The molecule has 0 radical (unpaired) electrons. The van der Waals surface area contributed by atoms with Gasteiger partial charge in [-0.15, -0.1) is 0 Å². The molecule has 0 bridgehead atoms. The molecule has 0 aliphatic heterocycles. The van der Waals surface area contributed by atoms with Crippen LogP contribution in [-0.4, -0.2) is 5.78 Å². The molecular weight excluding hydrogens is 356 g/mol. The van der Waals surface area contributed by atoms with Crippen LogP contribution in [0.3, 0.4) is 0 Å². The number of rotatable bonds is 3. The summed E-state index contributed by atoms with van der Waals surface area (Å²) in [5.41, 5.74) is 2.58. The molecule has 0 N–H and O–H groups in total. The first-order chi connectivity index (χ1) is 8.61. The standard InChI is InChI=1S/C15H12Br2O/c1-2-10-4-3-5-11(8-10)15(18)13-9-12(16)6-7-14(13)17/h3-9H,2H2,1H3. The number of carbonyl (C=O) groups is 1. The van der Waals surface area contributed by atoms with Crippen molar-refractivity contribution < 1.29 is 4.79 Å². The van der Waals surface area contributed by atoms with Crippen molar-refractivity contribution in [2.45, 2.75) is 13.3 Å². The first kappa shape index (κ1) is 13.5. The van der Waals surface area contributed by atoms with E-state index in [1.54, 1.807) is 0 Å². The minimum atomic E-state index is 0.0403. The summed E-state index contributed by atoms with van der Waals surface area (Å²) in [6.07, 6.45) is 0.931. The third kappa shape index (κ3) is 2.90. The lowest BCUT2D eigenvalue weighted by Gasteiger charge is -2.06. The Labute approximate surface area is 123 Å². The van der Waals surface area contributed by atoms with E-state index in [0.29, 0.717) is 5.56 Å². The molecule has 0 aliphatic rings. The van der Waals surface area contributed by atoms with Crippen molar-refractivity contribution in [3.05, 3.63) is 68.1 Å². The second kappa shape index (κ2) is 5.81. The number of ketones is 1. The fourth-order valence-electron chi connectivity index (χ4n) is 1.76. The van der Waals surface area contributed by atoms with Crippen LogP contribution in [0.1, 0.15) is 28.4 Å². The summed E-state index contributed by atoms with van der Waals surface area (Å²) < 4.78 is 1.72. The number of halogens is 2. The first-order valence-electron chi connectivity index (χ1n) is 5.70. The van der Waals surface area contributed by atoms with Gasteiger partial charge in [0.1, 0.15) is 0 Å². The number of hydrogen-bond donors (Lipinski definition) is 0. The van der Waals surface area contributed by atoms with Crippen molar-refractivity contribution in [1.29, 1.82) is 0 Å². The van der Waals surface area contributed by atoms with E-state index in [1.165, 1.54) is 5.56 Å². The Hall–Kier alpha value is -0.930. The maximum absolute atomic E-state index is 12.4. The Morgan fingerprint density at radius 3 is 2.61 bits per heavy atom. The van der Waals surface area contributed by atoms with E-state index >= 15 is 0 Å². The largest absolute Gasteiger partial charge is 0.289 e. The molecule has 0 fully saturated rings. The van der Waals surface area contributed by atoms with Gasteiger partial charge in [-0.25, -0.2) is 0 Å². The van der Waals surface area contributed by atoms with Crippen molar-refractivity contribution in [1.82, 2.24) is 0 Å². The molecule has 0 saturated heterocycles. The Bertz CT molecular complexity index is 591. The molecule has 0 atom stereocenters. The van der Waals surface area contributed by atoms with Gasteiger partial charge in [0.25, 0.3) is 0 Å². The lowest BCUT2D eigenvalue weighted by atomic mass is 10.0. The van der Waals surface area contributed by atoms with Gasteiger partial charge in [0.15, 0.2) is 5.78 Å². The third-order valence-electron chi connectivity index (χ3n) is 2.77. The molecular formula is C15H12Br2O. The van der Waals surface area contributed by atoms with E-state index in [4.69, 9.17) is 0 Å². The van der Waals surface area contributed by atoms with Crippen molar-refractivity contribution in [2.24, 2.45) is 0 Å². The molecule has 18 heavy (non-hydrogen) atoms. The van der Waals surface area contributed by atoms with E-state index in [0.717, 1.165) is 20.9 Å². The normalized spacial score (nSPS) is 10.4. The van der Waals surface area contributed by atoms with E-state index in [-0.39, 0.29) is 5.78 Å². The third-order valence-corrected chi connectivity index (χ3v) is 3.96. The molecule has 0 aromatic heterocycles. The minimum absolute atomic E-state index is 0.0403. The van der Waals surface area contributed by atoms with Crippen molar-refractivity contribution >= 4 is 37.6 Å². The molecule has 92 valence electrons. The summed E-state index contributed by atoms with van der Waals surface area (Å²) in [5.74, 6) is 0.0403. The zero-order valence-corrected chi connectivity index (χ0v) is 13.1. The van der Waals surface area contributed by atoms with Gasteiger partial charge in [0.05, 0.1) is 0 Å². The Kier molecular flexibility index (Phi) is 4.36. The van der Waals surface area contributed by atoms with Crippen molar-refractivity contribution in [2.75, 3.05) is 0 Å². The van der Waals surface area contributed by atoms with Gasteiger partial charge in [-0.2, -0.15) is 0 Å². The highest BCUT2D eigenvalue weighted by Crippen LogP contribution is 2.24. The van der Waals surface area contributed by atoms with Gasteiger partial charge < -0.3 is 0 Å². The van der Waals surface area contributed by atoms with Crippen LogP contribution in [0, 0.1) is 0 Å². The summed E-state index contributed by atoms with van der Waals surface area (Å²) in [4.78, 5) is 12.4. The number of benzene rings is 2. The molecule has 0 amide bonds. The summed E-state index contributed by atoms with van der Waals surface area (Å²) >= 11 is 6.81. The fourth-order valence-corrected chi connectivity index (χ4v) is 2.55. The number of carbonyl (C=O) groups excluding carboxylic acids is 1. The molecule has 0 unspecified atom stereocenters. The molecule has 1 nitrogen and oxygen atoms in total. The number of hydrogen-bond acceptors (Lipinski definition) is 1. The predicted octanol–water partition coefficient (Wildman–Crippen LogP) is 5.01. The van der Waals surface area contributed by atoms with Gasteiger partial charge in [0.2, 0.25) is 0 Å². The molecule has 2 rings (SSSR count). The molecule has 0 saturated carbocycles. The zero-order valence-electron chi connectivity index (χ0n) is 9.91. The lowest BCUT2D eigenvalue weighted by Crippen LogP contribution is -2.03. The zero-order chi connectivity index (χ0) is 13.1. The van der Waals surface area contributed by atoms with E-state index in [2.05, 4.69) is 38.8 Å². The van der Waals surface area contributed by atoms with Crippen molar-refractivity contribution in [3.8, 4) is 0 Å². The highest BCUT2D eigenvalue weighted by Gasteiger charge is 2.13. The summed E-state index contributed by atoms with van der Waals surface area (Å²) in [5, 5.41) is 0. The monoisotopic (exact) mass is 366 g/mol. The SMILES string of the molecule is CCc1cccc(C(=O)c2cc(Br)ccc2Br)c1. The Morgan fingerprint density at radius 1 is 1.11 bits per heavy atom. The van der Waals surface area contributed by atoms with Crippen molar-refractivity contribution in [3.63, 3.8) is 0 Å². The molecule has 2 aromatic carbocycles. The smallest absolute Gasteiger partial charge is 0.194 e. The second-order valence-electron chi connectivity index (χ2n) is 4.01. The minimum Gasteiger partial charge on any atom is -0.289 e. The highest BCUT2D eigenvalue weighted by molar-refractivity contribution is 9.11. The number of aryl methyl sites for hydroxylation is 1. The van der Waals surface area contributed by atoms with E-state index < -0.39 is 0 Å². The summed E-state index contributed by atoms with van der Waals surface area (Å²) in [7, 11) is 0. The average Bonchev–Trinajstić information content (AvgIpc) is 2.41. The van der Waals surface area contributed by atoms with Crippen LogP contribution >= 0.6 is 31.9 Å². The van der Waals surface area contributed by atoms with E-state index in [9.17, 15) is 4.79 Å². The maximum atomic E-state index is 12.4. The van der Waals surface area contributed by atoms with Crippen LogP contribution in [0.15, 0.2) is 51.4 Å². The van der Waals surface area contributed by atoms with Crippen LogP contribution < -0.4 is 0 Å². The van der Waals surface area contributed by atoms with Crippen LogP contribution in [-0.2, 0) is 6.42 Å². The van der Waals surface area contributed by atoms with Crippen LogP contribution in [0.2, 0.25) is 0 Å². The maximum Gasteiger partial charge on any atom is 0.194 e. The van der Waals surface area contributed by atoms with Gasteiger partial charge in [-0.05, 0) is 36.2 Å². The van der Waals surface area contributed by atoms with Crippen LogP contribution in [0.5, 0.6) is 0 Å². The quantitative estimate of drug-likeness (QED) is 0.697. The Balaban J connectivity index is 2.44. The fraction of sp³-hybridized carbons (Fsp3) is 0.133. The van der Waals surface area contributed by atoms with Gasteiger partial charge >= 0.3 is 0 Å². The van der Waals surface area contributed by atoms with Crippen LogP contribution in [0.25, 0.3) is 0 Å². The summed E-state index contributed by atoms with van der Waals surface area (Å²) in [6.45, 7) is 2.08. The molecule has 0 aliphatic carbocycles. The second-order valence-corrected chi connectivity index (χ2v) is 5.78.